The van der Waals surface area contributed by atoms with E-state index in [2.05, 4.69) is 6.92 Å². The van der Waals surface area contributed by atoms with Crippen molar-refractivity contribution >= 4 is 0 Å². The second-order valence-corrected chi connectivity index (χ2v) is 4.71. The van der Waals surface area contributed by atoms with Crippen molar-refractivity contribution in [3.63, 3.8) is 0 Å². The molecule has 0 saturated heterocycles. The highest BCUT2D eigenvalue weighted by Gasteiger charge is 2.27. The van der Waals surface area contributed by atoms with Crippen LogP contribution in [-0.2, 0) is 0 Å². The molecule has 16 heavy (non-hydrogen) atoms. The standard InChI is InChI=1S/C13H20FNO/c1-5-13(2,3)12(15)10-7-6-9(16-4)8-11(10)14/h6-8,12H,5,15H2,1-4H3. The Hall–Kier alpha value is -1.09. The third kappa shape index (κ3) is 2.53. The molecule has 0 aliphatic carbocycles. The predicted molar refractivity (Wildman–Crippen MR) is 64.0 cm³/mol. The summed E-state index contributed by atoms with van der Waals surface area (Å²) in [5.74, 6) is 0.219. The van der Waals surface area contributed by atoms with Gasteiger partial charge in [0.25, 0.3) is 0 Å². The molecule has 0 aliphatic heterocycles. The van der Waals surface area contributed by atoms with Crippen molar-refractivity contribution in [3.05, 3.63) is 29.6 Å². The Kier molecular flexibility index (Phi) is 3.92. The van der Waals surface area contributed by atoms with E-state index in [1.54, 1.807) is 12.1 Å². The van der Waals surface area contributed by atoms with Crippen LogP contribution >= 0.6 is 0 Å². The van der Waals surface area contributed by atoms with Crippen LogP contribution < -0.4 is 10.5 Å². The Labute approximate surface area is 96.6 Å². The van der Waals surface area contributed by atoms with Gasteiger partial charge in [0, 0.05) is 17.7 Å². The highest BCUT2D eigenvalue weighted by atomic mass is 19.1. The summed E-state index contributed by atoms with van der Waals surface area (Å²) in [6.45, 7) is 6.14. The fourth-order valence-corrected chi connectivity index (χ4v) is 1.53. The van der Waals surface area contributed by atoms with Crippen LogP contribution in [-0.4, -0.2) is 7.11 Å². The molecule has 0 aliphatic rings. The number of rotatable bonds is 4. The van der Waals surface area contributed by atoms with E-state index in [0.29, 0.717) is 11.3 Å². The number of hydrogen-bond acceptors (Lipinski definition) is 2. The minimum atomic E-state index is -0.302. The molecule has 2 nitrogen and oxygen atoms in total. The molecule has 0 saturated carbocycles. The molecule has 1 rings (SSSR count). The summed E-state index contributed by atoms with van der Waals surface area (Å²) in [6.07, 6.45) is 0.902. The number of hydrogen-bond donors (Lipinski definition) is 1. The second kappa shape index (κ2) is 4.83. The largest absolute Gasteiger partial charge is 0.497 e. The molecule has 1 aromatic rings. The number of nitrogens with two attached hydrogens (primary N) is 1. The summed E-state index contributed by atoms with van der Waals surface area (Å²) in [5, 5.41) is 0. The van der Waals surface area contributed by atoms with E-state index < -0.39 is 0 Å². The van der Waals surface area contributed by atoms with Gasteiger partial charge in [-0.1, -0.05) is 26.8 Å². The van der Waals surface area contributed by atoms with Gasteiger partial charge >= 0.3 is 0 Å². The van der Waals surface area contributed by atoms with Gasteiger partial charge in [-0.15, -0.1) is 0 Å². The lowest BCUT2D eigenvalue weighted by molar-refractivity contribution is 0.272. The van der Waals surface area contributed by atoms with Gasteiger partial charge in [0.1, 0.15) is 11.6 Å². The van der Waals surface area contributed by atoms with Crippen LogP contribution in [0.25, 0.3) is 0 Å². The first-order valence-electron chi connectivity index (χ1n) is 5.51. The molecular formula is C13H20FNO. The quantitative estimate of drug-likeness (QED) is 0.853. The molecule has 1 aromatic carbocycles. The average molecular weight is 225 g/mol. The first-order chi connectivity index (χ1) is 7.42. The lowest BCUT2D eigenvalue weighted by Gasteiger charge is -2.31. The first kappa shape index (κ1) is 13.0. The van der Waals surface area contributed by atoms with Crippen LogP contribution in [0, 0.1) is 11.2 Å². The summed E-state index contributed by atoms with van der Waals surface area (Å²) in [4.78, 5) is 0. The summed E-state index contributed by atoms with van der Waals surface area (Å²) in [5.41, 5.74) is 6.53. The smallest absolute Gasteiger partial charge is 0.131 e. The molecule has 0 radical (unpaired) electrons. The molecule has 0 aromatic heterocycles. The minimum Gasteiger partial charge on any atom is -0.497 e. The third-order valence-corrected chi connectivity index (χ3v) is 3.30. The van der Waals surface area contributed by atoms with Crippen molar-refractivity contribution in [2.45, 2.75) is 33.2 Å². The molecule has 3 heteroatoms. The normalized spacial score (nSPS) is 13.6. The number of methoxy groups -OCH3 is 1. The zero-order valence-electron chi connectivity index (χ0n) is 10.4. The zero-order chi connectivity index (χ0) is 12.3. The van der Waals surface area contributed by atoms with Crippen molar-refractivity contribution in [2.24, 2.45) is 11.1 Å². The Morgan fingerprint density at radius 1 is 1.44 bits per heavy atom. The predicted octanol–water partition coefficient (Wildman–Crippen LogP) is 3.27. The van der Waals surface area contributed by atoms with E-state index in [0.717, 1.165) is 6.42 Å². The van der Waals surface area contributed by atoms with Crippen molar-refractivity contribution in [1.29, 1.82) is 0 Å². The van der Waals surface area contributed by atoms with Gasteiger partial charge in [-0.05, 0) is 17.9 Å². The molecule has 1 unspecified atom stereocenters. The number of halogens is 1. The van der Waals surface area contributed by atoms with Crippen molar-refractivity contribution < 1.29 is 9.13 Å². The van der Waals surface area contributed by atoms with Gasteiger partial charge in [0.2, 0.25) is 0 Å². The van der Waals surface area contributed by atoms with Gasteiger partial charge in [0.15, 0.2) is 0 Å². The monoisotopic (exact) mass is 225 g/mol. The SMILES string of the molecule is CCC(C)(C)C(N)c1ccc(OC)cc1F. The average Bonchev–Trinajstić information content (AvgIpc) is 2.28. The van der Waals surface area contributed by atoms with Gasteiger partial charge in [-0.25, -0.2) is 4.39 Å². The second-order valence-electron chi connectivity index (χ2n) is 4.71. The lowest BCUT2D eigenvalue weighted by atomic mass is 9.79. The molecule has 0 fully saturated rings. The lowest BCUT2D eigenvalue weighted by Crippen LogP contribution is -2.29. The number of ether oxygens (including phenoxy) is 1. The summed E-state index contributed by atoms with van der Waals surface area (Å²) < 4.78 is 18.8. The summed E-state index contributed by atoms with van der Waals surface area (Å²) in [7, 11) is 1.52. The minimum absolute atomic E-state index is 0.116. The molecule has 0 amide bonds. The van der Waals surface area contributed by atoms with Crippen molar-refractivity contribution in [1.82, 2.24) is 0 Å². The highest BCUT2D eigenvalue weighted by molar-refractivity contribution is 5.31. The maximum atomic E-state index is 13.8. The fraction of sp³-hybridized carbons (Fsp3) is 0.538. The van der Waals surface area contributed by atoms with E-state index in [4.69, 9.17) is 10.5 Å². The molecule has 0 heterocycles. The highest BCUT2D eigenvalue weighted by Crippen LogP contribution is 2.36. The van der Waals surface area contributed by atoms with E-state index in [1.165, 1.54) is 13.2 Å². The van der Waals surface area contributed by atoms with Crippen LogP contribution in [0.5, 0.6) is 5.75 Å². The summed E-state index contributed by atoms with van der Waals surface area (Å²) >= 11 is 0. The van der Waals surface area contributed by atoms with Gasteiger partial charge < -0.3 is 10.5 Å². The van der Waals surface area contributed by atoms with Gasteiger partial charge in [-0.3, -0.25) is 0 Å². The van der Waals surface area contributed by atoms with Gasteiger partial charge in [0.05, 0.1) is 7.11 Å². The third-order valence-electron chi connectivity index (χ3n) is 3.30. The molecule has 0 bridgehead atoms. The summed E-state index contributed by atoms with van der Waals surface area (Å²) in [6, 6.07) is 4.52. The van der Waals surface area contributed by atoms with Crippen LogP contribution in [0.2, 0.25) is 0 Å². The zero-order valence-corrected chi connectivity index (χ0v) is 10.4. The maximum Gasteiger partial charge on any atom is 0.131 e. The Balaban J connectivity index is 3.05. The van der Waals surface area contributed by atoms with E-state index >= 15 is 0 Å². The van der Waals surface area contributed by atoms with E-state index in [9.17, 15) is 4.39 Å². The van der Waals surface area contributed by atoms with E-state index in [1.807, 2.05) is 13.8 Å². The molecular weight excluding hydrogens is 205 g/mol. The molecule has 1 atom stereocenters. The fourth-order valence-electron chi connectivity index (χ4n) is 1.53. The molecule has 90 valence electrons. The maximum absolute atomic E-state index is 13.8. The van der Waals surface area contributed by atoms with Crippen molar-refractivity contribution in [2.75, 3.05) is 7.11 Å². The van der Waals surface area contributed by atoms with Crippen LogP contribution in [0.15, 0.2) is 18.2 Å². The molecule has 2 N–H and O–H groups in total. The van der Waals surface area contributed by atoms with Crippen LogP contribution in [0.4, 0.5) is 4.39 Å². The number of benzene rings is 1. The van der Waals surface area contributed by atoms with Crippen molar-refractivity contribution in [3.8, 4) is 5.75 Å². The Bertz CT molecular complexity index is 363. The molecule has 0 spiro atoms. The first-order valence-corrected chi connectivity index (χ1v) is 5.51. The topological polar surface area (TPSA) is 35.2 Å². The Morgan fingerprint density at radius 2 is 2.06 bits per heavy atom. The van der Waals surface area contributed by atoms with Crippen LogP contribution in [0.1, 0.15) is 38.8 Å². The van der Waals surface area contributed by atoms with Crippen LogP contribution in [0.3, 0.4) is 0 Å². The van der Waals surface area contributed by atoms with Gasteiger partial charge in [-0.2, -0.15) is 0 Å². The van der Waals surface area contributed by atoms with E-state index in [-0.39, 0.29) is 17.3 Å². The Morgan fingerprint density at radius 3 is 2.50 bits per heavy atom.